The van der Waals surface area contributed by atoms with Crippen molar-refractivity contribution < 1.29 is 55.2 Å². The van der Waals surface area contributed by atoms with Crippen LogP contribution in [0.1, 0.15) is 60.0 Å². The number of benzene rings is 2. The number of fused-ring (bicyclic) bond motifs is 1. The van der Waals surface area contributed by atoms with Crippen molar-refractivity contribution in [3.8, 4) is 11.8 Å². The first-order valence-corrected chi connectivity index (χ1v) is 15.0. The lowest BCUT2D eigenvalue weighted by atomic mass is 9.87. The minimum atomic E-state index is -4.79. The lowest BCUT2D eigenvalue weighted by Gasteiger charge is -2.44. The molecule has 2 heterocycles. The maximum Gasteiger partial charge on any atom is 0.416 e. The average molecular weight is 695 g/mol. The Hall–Kier alpha value is -5.04. The van der Waals surface area contributed by atoms with Crippen LogP contribution in [0, 0.1) is 11.3 Å². The van der Waals surface area contributed by atoms with E-state index in [0.717, 1.165) is 24.3 Å². The van der Waals surface area contributed by atoms with Gasteiger partial charge in [0.15, 0.2) is 0 Å². The smallest absolute Gasteiger partial charge is 0.416 e. The second-order valence-corrected chi connectivity index (χ2v) is 11.1. The number of rotatable bonds is 12. The lowest BCUT2D eigenvalue weighted by Crippen LogP contribution is -2.48. The Kier molecular flexibility index (Phi) is 11.6. The number of carboxylic acid groups (broad SMARTS) is 1. The number of ether oxygens (including phenoxy) is 3. The van der Waals surface area contributed by atoms with Gasteiger partial charge in [-0.1, -0.05) is 6.92 Å². The van der Waals surface area contributed by atoms with Crippen molar-refractivity contribution in [1.29, 1.82) is 5.26 Å². The minimum Gasteiger partial charge on any atom is -0.490 e. The fraction of sp³-hybridized carbons (Fsp3) is 0.394. The van der Waals surface area contributed by atoms with Gasteiger partial charge in [0.05, 0.1) is 53.7 Å². The van der Waals surface area contributed by atoms with Crippen LogP contribution in [0.2, 0.25) is 0 Å². The van der Waals surface area contributed by atoms with Crippen molar-refractivity contribution in [3.05, 3.63) is 82.5 Å². The van der Waals surface area contributed by atoms with E-state index in [4.69, 9.17) is 19.3 Å². The van der Waals surface area contributed by atoms with Gasteiger partial charge in [-0.05, 0) is 72.5 Å². The van der Waals surface area contributed by atoms with Gasteiger partial charge in [0.2, 0.25) is 0 Å². The van der Waals surface area contributed by atoms with E-state index in [1.165, 1.54) is 41.3 Å². The van der Waals surface area contributed by atoms with Crippen LogP contribution in [0.5, 0.6) is 5.75 Å². The largest absolute Gasteiger partial charge is 0.490 e. The minimum absolute atomic E-state index is 0.00409. The summed E-state index contributed by atoms with van der Waals surface area (Å²) < 4.78 is 99.4. The molecule has 4 rings (SSSR count). The standard InChI is InChI=1S/C33H32F6N4O6/c1-3-24-16-28(26-15-22(32(34,35)36)4-6-27(26)43(24)31(46)49-9-8-30(44)45)42(29-7-5-25(18-41-29)48-11-10-47-2)19-21-12-20(17-40)13-23(14-21)33(37,38)39/h4-7,12-15,18,24,28H,3,8-11,16,19H2,1-2H3,(H,44,45)/t24-,28+/m1/s1. The number of carbonyl (C=O) groups excluding carboxylic acids is 1. The molecule has 0 bridgehead atoms. The SMILES string of the molecule is CC[C@@H]1C[C@H](N(Cc2cc(C#N)cc(C(F)(F)F)c2)c2ccc(OCCOC)cn2)c2cc(C(F)(F)F)ccc2N1C(=O)OCCC(=O)O. The number of nitrogens with zero attached hydrogens (tertiary/aromatic N) is 4. The number of pyridine rings is 1. The molecule has 0 spiro atoms. The van der Waals surface area contributed by atoms with E-state index in [1.807, 2.05) is 0 Å². The average Bonchev–Trinajstić information content (AvgIpc) is 3.05. The van der Waals surface area contributed by atoms with E-state index in [9.17, 15) is 41.2 Å². The van der Waals surface area contributed by atoms with Crippen LogP contribution in [0.15, 0.2) is 54.7 Å². The number of nitriles is 1. The van der Waals surface area contributed by atoms with Crippen LogP contribution in [0.4, 0.5) is 42.6 Å². The Morgan fingerprint density at radius 1 is 1.02 bits per heavy atom. The molecule has 1 amide bonds. The van der Waals surface area contributed by atoms with Crippen LogP contribution >= 0.6 is 0 Å². The second-order valence-electron chi connectivity index (χ2n) is 11.1. The Labute approximate surface area is 277 Å². The summed E-state index contributed by atoms with van der Waals surface area (Å²) in [6.45, 7) is 1.39. The molecular weight excluding hydrogens is 662 g/mol. The maximum absolute atomic E-state index is 14.1. The Bertz CT molecular complexity index is 1680. The van der Waals surface area contributed by atoms with Gasteiger partial charge in [0.1, 0.15) is 24.8 Å². The molecular formula is C33H32F6N4O6. The molecule has 0 unspecified atom stereocenters. The number of hydrogen-bond donors (Lipinski definition) is 1. The summed E-state index contributed by atoms with van der Waals surface area (Å²) in [4.78, 5) is 31.4. The molecule has 1 N–H and O–H groups in total. The molecule has 0 radical (unpaired) electrons. The second kappa shape index (κ2) is 15.5. The quantitative estimate of drug-likeness (QED) is 0.153. The highest BCUT2D eigenvalue weighted by Gasteiger charge is 2.42. The summed E-state index contributed by atoms with van der Waals surface area (Å²) in [7, 11) is 1.49. The van der Waals surface area contributed by atoms with Gasteiger partial charge in [-0.15, -0.1) is 0 Å². The number of aromatic nitrogens is 1. The zero-order valence-corrected chi connectivity index (χ0v) is 26.3. The Balaban J connectivity index is 1.88. The predicted molar refractivity (Wildman–Crippen MR) is 163 cm³/mol. The molecule has 0 saturated carbocycles. The maximum atomic E-state index is 14.1. The zero-order chi connectivity index (χ0) is 35.9. The normalized spacial score (nSPS) is 16.0. The van der Waals surface area contributed by atoms with Gasteiger partial charge in [-0.25, -0.2) is 9.78 Å². The number of methoxy groups -OCH3 is 1. The van der Waals surface area contributed by atoms with Crippen LogP contribution in [-0.2, 0) is 33.2 Å². The predicted octanol–water partition coefficient (Wildman–Crippen LogP) is 7.36. The lowest BCUT2D eigenvalue weighted by molar-refractivity contribution is -0.138. The first kappa shape index (κ1) is 36.8. The number of carboxylic acids is 1. The zero-order valence-electron chi connectivity index (χ0n) is 26.3. The number of hydrogen-bond acceptors (Lipinski definition) is 8. The highest BCUT2D eigenvalue weighted by Crippen LogP contribution is 2.46. The van der Waals surface area contributed by atoms with E-state index in [2.05, 4.69) is 4.98 Å². The molecule has 16 heteroatoms. The number of anilines is 2. The number of carbonyl (C=O) groups is 2. The Morgan fingerprint density at radius 2 is 1.76 bits per heavy atom. The third-order valence-electron chi connectivity index (χ3n) is 7.79. The van der Waals surface area contributed by atoms with E-state index < -0.39 is 60.7 Å². The van der Waals surface area contributed by atoms with Gasteiger partial charge in [-0.3, -0.25) is 9.69 Å². The Morgan fingerprint density at radius 3 is 2.35 bits per heavy atom. The number of aliphatic carboxylic acids is 1. The summed E-state index contributed by atoms with van der Waals surface area (Å²) in [5.41, 5.74) is -2.31. The molecule has 10 nitrogen and oxygen atoms in total. The van der Waals surface area contributed by atoms with Crippen molar-refractivity contribution in [2.75, 3.05) is 36.7 Å². The van der Waals surface area contributed by atoms with Crippen LogP contribution < -0.4 is 14.5 Å². The van der Waals surface area contributed by atoms with Crippen molar-refractivity contribution in [3.63, 3.8) is 0 Å². The first-order chi connectivity index (χ1) is 23.2. The van der Waals surface area contributed by atoms with Crippen LogP contribution in [0.3, 0.4) is 0 Å². The third kappa shape index (κ3) is 9.11. The van der Waals surface area contributed by atoms with Crippen molar-refractivity contribution in [2.45, 2.75) is 57.2 Å². The monoisotopic (exact) mass is 694 g/mol. The summed E-state index contributed by atoms with van der Waals surface area (Å²) in [6.07, 6.45) is -9.43. The summed E-state index contributed by atoms with van der Waals surface area (Å²) in [5, 5.41) is 18.5. The summed E-state index contributed by atoms with van der Waals surface area (Å²) >= 11 is 0. The van der Waals surface area contributed by atoms with Crippen molar-refractivity contribution in [1.82, 2.24) is 4.98 Å². The van der Waals surface area contributed by atoms with Crippen LogP contribution in [-0.4, -0.2) is 55.1 Å². The molecule has 0 saturated heterocycles. The van der Waals surface area contributed by atoms with Crippen molar-refractivity contribution >= 4 is 23.6 Å². The van der Waals surface area contributed by atoms with E-state index in [-0.39, 0.29) is 60.8 Å². The van der Waals surface area contributed by atoms with Gasteiger partial charge in [0.25, 0.3) is 0 Å². The van der Waals surface area contributed by atoms with E-state index in [0.29, 0.717) is 11.8 Å². The number of amides is 1. The van der Waals surface area contributed by atoms with E-state index >= 15 is 0 Å². The molecule has 1 aromatic heterocycles. The van der Waals surface area contributed by atoms with Gasteiger partial charge < -0.3 is 24.2 Å². The van der Waals surface area contributed by atoms with Gasteiger partial charge in [0, 0.05) is 19.7 Å². The molecule has 3 aromatic rings. The molecule has 1 aliphatic heterocycles. The molecule has 2 aromatic carbocycles. The van der Waals surface area contributed by atoms with Crippen molar-refractivity contribution in [2.24, 2.45) is 0 Å². The van der Waals surface area contributed by atoms with Gasteiger partial charge in [-0.2, -0.15) is 31.6 Å². The van der Waals surface area contributed by atoms with E-state index in [1.54, 1.807) is 13.0 Å². The fourth-order valence-corrected chi connectivity index (χ4v) is 5.52. The van der Waals surface area contributed by atoms with Gasteiger partial charge >= 0.3 is 24.4 Å². The topological polar surface area (TPSA) is 125 Å². The first-order valence-electron chi connectivity index (χ1n) is 15.0. The molecule has 0 aliphatic carbocycles. The highest BCUT2D eigenvalue weighted by atomic mass is 19.4. The summed E-state index contributed by atoms with van der Waals surface area (Å²) in [6, 6.07) is 8.67. The number of alkyl halides is 6. The number of halogens is 6. The molecule has 2 atom stereocenters. The summed E-state index contributed by atoms with van der Waals surface area (Å²) in [5.74, 6) is -0.728. The molecule has 0 fully saturated rings. The molecule has 1 aliphatic rings. The molecule has 49 heavy (non-hydrogen) atoms. The fourth-order valence-electron chi connectivity index (χ4n) is 5.52. The highest BCUT2D eigenvalue weighted by molar-refractivity contribution is 5.90. The third-order valence-corrected chi connectivity index (χ3v) is 7.79. The molecule has 262 valence electrons. The van der Waals surface area contributed by atoms with Crippen LogP contribution in [0.25, 0.3) is 0 Å².